The largest absolute Gasteiger partial charge is 0.443 e. The smallest absolute Gasteiger partial charge is 0.414 e. The van der Waals surface area contributed by atoms with Gasteiger partial charge in [-0.05, 0) is 39.7 Å². The maximum absolute atomic E-state index is 12.3. The molecule has 0 aliphatic heterocycles. The highest BCUT2D eigenvalue weighted by atomic mass is 16.6. The Morgan fingerprint density at radius 3 is 2.50 bits per heavy atom. The molecule has 2 atom stereocenters. The summed E-state index contributed by atoms with van der Waals surface area (Å²) in [5.74, 6) is 0.417. The van der Waals surface area contributed by atoms with E-state index in [1.54, 1.807) is 4.90 Å². The highest BCUT2D eigenvalue weighted by molar-refractivity contribution is 5.70. The first-order valence-electron chi connectivity index (χ1n) is 7.11. The number of ether oxygens (including phenoxy) is 1. The molecule has 108 valence electrons. The zero-order chi connectivity index (χ0) is 14.8. The predicted molar refractivity (Wildman–Crippen MR) is 80.5 cm³/mol. The molecule has 0 radical (unpaired) electrons. The van der Waals surface area contributed by atoms with Crippen molar-refractivity contribution >= 4 is 6.09 Å². The van der Waals surface area contributed by atoms with Gasteiger partial charge in [-0.1, -0.05) is 36.4 Å². The zero-order valence-electron chi connectivity index (χ0n) is 12.7. The first kappa shape index (κ1) is 14.6. The van der Waals surface area contributed by atoms with E-state index in [4.69, 9.17) is 4.74 Å². The van der Waals surface area contributed by atoms with E-state index in [0.29, 0.717) is 5.92 Å². The number of benzene rings is 1. The summed E-state index contributed by atoms with van der Waals surface area (Å²) in [6.45, 7) is 7.58. The van der Waals surface area contributed by atoms with E-state index in [1.807, 2.05) is 58.2 Å². The summed E-state index contributed by atoms with van der Waals surface area (Å²) >= 11 is 0. The Morgan fingerprint density at radius 1 is 1.30 bits per heavy atom. The van der Waals surface area contributed by atoms with Gasteiger partial charge < -0.3 is 4.74 Å². The van der Waals surface area contributed by atoms with Gasteiger partial charge in [0.1, 0.15) is 5.60 Å². The second kappa shape index (κ2) is 5.70. The van der Waals surface area contributed by atoms with E-state index in [2.05, 4.69) is 12.1 Å². The van der Waals surface area contributed by atoms with Crippen LogP contribution in [0.4, 0.5) is 4.79 Å². The van der Waals surface area contributed by atoms with E-state index in [0.717, 1.165) is 6.42 Å². The van der Waals surface area contributed by atoms with Gasteiger partial charge in [-0.3, -0.25) is 4.90 Å². The van der Waals surface area contributed by atoms with E-state index in [-0.39, 0.29) is 12.1 Å². The predicted octanol–water partition coefficient (Wildman–Crippen LogP) is 4.31. The van der Waals surface area contributed by atoms with Crippen molar-refractivity contribution in [2.75, 3.05) is 0 Å². The van der Waals surface area contributed by atoms with Crippen LogP contribution in [0.2, 0.25) is 0 Å². The number of allylic oxidation sites excluding steroid dienone is 1. The number of carbonyl (C=O) groups excluding carboxylic acids is 1. The molecule has 0 unspecified atom stereocenters. The molecule has 1 saturated carbocycles. The molecular weight excluding hydrogens is 250 g/mol. The molecule has 1 aromatic carbocycles. The molecule has 3 heteroatoms. The minimum absolute atomic E-state index is 0.212. The quantitative estimate of drug-likeness (QED) is 0.821. The molecule has 0 spiro atoms. The van der Waals surface area contributed by atoms with Gasteiger partial charge in [0.2, 0.25) is 0 Å². The summed E-state index contributed by atoms with van der Waals surface area (Å²) in [7, 11) is 0. The SMILES string of the molecule is C/C=C/N(C(=O)OC(C)(C)C)[C@H]1C[C@@H]1c1ccccc1. The topological polar surface area (TPSA) is 29.5 Å². The van der Waals surface area contributed by atoms with E-state index in [9.17, 15) is 4.79 Å². The minimum atomic E-state index is -0.464. The van der Waals surface area contributed by atoms with Crippen molar-refractivity contribution in [3.8, 4) is 0 Å². The lowest BCUT2D eigenvalue weighted by Crippen LogP contribution is -2.35. The molecule has 1 aromatic rings. The molecule has 0 N–H and O–H groups in total. The summed E-state index contributed by atoms with van der Waals surface area (Å²) in [6.07, 6.45) is 4.43. The Balaban J connectivity index is 2.06. The molecule has 0 heterocycles. The van der Waals surface area contributed by atoms with Crippen LogP contribution in [0, 0.1) is 0 Å². The average Bonchev–Trinajstić information content (AvgIpc) is 3.15. The first-order chi connectivity index (χ1) is 9.42. The Bertz CT molecular complexity index is 487. The molecule has 3 nitrogen and oxygen atoms in total. The fraction of sp³-hybridized carbons (Fsp3) is 0.471. The average molecular weight is 273 g/mol. The van der Waals surface area contributed by atoms with Crippen molar-refractivity contribution < 1.29 is 9.53 Å². The fourth-order valence-corrected chi connectivity index (χ4v) is 2.33. The van der Waals surface area contributed by atoms with Crippen LogP contribution >= 0.6 is 0 Å². The minimum Gasteiger partial charge on any atom is -0.443 e. The molecule has 2 rings (SSSR count). The van der Waals surface area contributed by atoms with Crippen LogP contribution in [-0.4, -0.2) is 22.6 Å². The third-order valence-electron chi connectivity index (χ3n) is 3.26. The maximum Gasteiger partial charge on any atom is 0.414 e. The van der Waals surface area contributed by atoms with Gasteiger partial charge in [0.05, 0.1) is 0 Å². The summed E-state index contributed by atoms with van der Waals surface area (Å²) in [4.78, 5) is 14.0. The van der Waals surface area contributed by atoms with Gasteiger partial charge in [-0.25, -0.2) is 4.79 Å². The third kappa shape index (κ3) is 3.62. The Labute approximate surface area is 121 Å². The van der Waals surface area contributed by atoms with Gasteiger partial charge in [-0.2, -0.15) is 0 Å². The van der Waals surface area contributed by atoms with Gasteiger partial charge in [0, 0.05) is 18.2 Å². The number of carbonyl (C=O) groups is 1. The first-order valence-corrected chi connectivity index (χ1v) is 7.11. The number of hydrogen-bond donors (Lipinski definition) is 0. The molecule has 1 amide bonds. The summed E-state index contributed by atoms with van der Waals surface area (Å²) in [5, 5.41) is 0. The summed E-state index contributed by atoms with van der Waals surface area (Å²) in [5.41, 5.74) is 0.823. The lowest BCUT2D eigenvalue weighted by molar-refractivity contribution is 0.0320. The normalized spacial score (nSPS) is 21.8. The molecular formula is C17H23NO2. The van der Waals surface area contributed by atoms with Crippen LogP contribution in [0.1, 0.15) is 45.6 Å². The van der Waals surface area contributed by atoms with Crippen LogP contribution in [-0.2, 0) is 4.74 Å². The van der Waals surface area contributed by atoms with Crippen molar-refractivity contribution in [1.29, 1.82) is 0 Å². The van der Waals surface area contributed by atoms with Gasteiger partial charge >= 0.3 is 6.09 Å². The van der Waals surface area contributed by atoms with Gasteiger partial charge in [-0.15, -0.1) is 0 Å². The second-order valence-corrected chi connectivity index (χ2v) is 6.19. The monoisotopic (exact) mass is 273 g/mol. The fourth-order valence-electron chi connectivity index (χ4n) is 2.33. The Morgan fingerprint density at radius 2 is 1.95 bits per heavy atom. The maximum atomic E-state index is 12.3. The van der Waals surface area contributed by atoms with E-state index < -0.39 is 5.60 Å². The van der Waals surface area contributed by atoms with Crippen molar-refractivity contribution in [3.05, 3.63) is 48.2 Å². The van der Waals surface area contributed by atoms with Crippen molar-refractivity contribution in [1.82, 2.24) is 4.90 Å². The number of amides is 1. The van der Waals surface area contributed by atoms with Crippen LogP contribution < -0.4 is 0 Å². The summed E-state index contributed by atoms with van der Waals surface area (Å²) < 4.78 is 5.47. The molecule has 0 aromatic heterocycles. The lowest BCUT2D eigenvalue weighted by Gasteiger charge is -2.25. The highest BCUT2D eigenvalue weighted by Gasteiger charge is 2.45. The summed E-state index contributed by atoms with van der Waals surface area (Å²) in [6, 6.07) is 10.5. The molecule has 20 heavy (non-hydrogen) atoms. The number of rotatable bonds is 3. The number of hydrogen-bond acceptors (Lipinski definition) is 2. The van der Waals surface area contributed by atoms with E-state index in [1.165, 1.54) is 5.56 Å². The standard InChI is InChI=1S/C17H23NO2/c1-5-11-18(16(19)20-17(2,3)4)15-12-14(15)13-9-7-6-8-10-13/h5-11,14-15H,12H2,1-4H3/b11-5+/t14-,15+/m1/s1. The lowest BCUT2D eigenvalue weighted by atomic mass is 10.1. The van der Waals surface area contributed by atoms with E-state index >= 15 is 0 Å². The van der Waals surface area contributed by atoms with Crippen LogP contribution in [0.15, 0.2) is 42.6 Å². The third-order valence-corrected chi connectivity index (χ3v) is 3.26. The molecule has 1 aliphatic carbocycles. The molecule has 0 saturated heterocycles. The molecule has 0 bridgehead atoms. The van der Waals surface area contributed by atoms with Gasteiger partial charge in [0.25, 0.3) is 0 Å². The second-order valence-electron chi connectivity index (χ2n) is 6.19. The molecule has 1 fully saturated rings. The molecule has 1 aliphatic rings. The van der Waals surface area contributed by atoms with Crippen LogP contribution in [0.25, 0.3) is 0 Å². The van der Waals surface area contributed by atoms with Gasteiger partial charge in [0.15, 0.2) is 0 Å². The number of nitrogens with zero attached hydrogens (tertiary/aromatic N) is 1. The highest BCUT2D eigenvalue weighted by Crippen LogP contribution is 2.45. The van der Waals surface area contributed by atoms with Crippen molar-refractivity contribution in [3.63, 3.8) is 0 Å². The van der Waals surface area contributed by atoms with Crippen LogP contribution in [0.5, 0.6) is 0 Å². The zero-order valence-corrected chi connectivity index (χ0v) is 12.7. The van der Waals surface area contributed by atoms with Crippen molar-refractivity contribution in [2.24, 2.45) is 0 Å². The van der Waals surface area contributed by atoms with Crippen LogP contribution in [0.3, 0.4) is 0 Å². The Kier molecular flexibility index (Phi) is 4.17. The Hall–Kier alpha value is -1.77. The van der Waals surface area contributed by atoms with Crippen molar-refractivity contribution in [2.45, 2.75) is 51.7 Å².